The molecule has 0 saturated carbocycles. The summed E-state index contributed by atoms with van der Waals surface area (Å²) in [4.78, 5) is 3.96. The highest BCUT2D eigenvalue weighted by molar-refractivity contribution is 4.78. The normalized spacial score (nSPS) is 11.9. The molecule has 3 heteroatoms. The lowest BCUT2D eigenvalue weighted by Gasteiger charge is -2.16. The van der Waals surface area contributed by atoms with Crippen LogP contribution in [0.25, 0.3) is 0 Å². The maximum atomic E-state index is 4.64. The summed E-state index contributed by atoms with van der Waals surface area (Å²) in [6.07, 6.45) is 4.63. The molecule has 0 aliphatic heterocycles. The van der Waals surface area contributed by atoms with Crippen molar-refractivity contribution in [1.29, 1.82) is 0 Å². The smallest absolute Gasteiger partial charge is 0.213 e. The largest absolute Gasteiger partial charge is 0.343 e. The first-order valence-electron chi connectivity index (χ1n) is 4.33. The van der Waals surface area contributed by atoms with Crippen molar-refractivity contribution in [2.24, 2.45) is 5.41 Å². The van der Waals surface area contributed by atoms with Crippen molar-refractivity contribution in [2.45, 2.75) is 40.0 Å². The van der Waals surface area contributed by atoms with Gasteiger partial charge in [0.25, 0.3) is 0 Å². The van der Waals surface area contributed by atoms with Gasteiger partial charge in [-0.15, -0.1) is 0 Å². The van der Waals surface area contributed by atoms with Crippen LogP contribution in [0.1, 0.15) is 39.4 Å². The Hall–Kier alpha value is -0.860. The van der Waals surface area contributed by atoms with Crippen molar-refractivity contribution >= 4 is 0 Å². The van der Waals surface area contributed by atoms with Crippen molar-refractivity contribution in [2.75, 3.05) is 0 Å². The molecule has 0 fully saturated rings. The van der Waals surface area contributed by atoms with Gasteiger partial charge in [-0.2, -0.15) is 4.98 Å². The molecule has 1 heterocycles. The first kappa shape index (κ1) is 9.23. The number of aromatic nitrogens is 2. The minimum atomic E-state index is 0.406. The Balaban J connectivity index is 2.20. The molecule has 0 aromatic carbocycles. The lowest BCUT2D eigenvalue weighted by molar-refractivity contribution is 0.360. The van der Waals surface area contributed by atoms with Gasteiger partial charge in [0, 0.05) is 6.42 Å². The number of aryl methyl sites for hydroxylation is 1. The van der Waals surface area contributed by atoms with E-state index in [1.165, 1.54) is 12.8 Å². The minimum absolute atomic E-state index is 0.406. The Morgan fingerprint density at radius 1 is 1.42 bits per heavy atom. The van der Waals surface area contributed by atoms with E-state index < -0.39 is 0 Å². The van der Waals surface area contributed by atoms with Crippen LogP contribution in [0.15, 0.2) is 10.9 Å². The van der Waals surface area contributed by atoms with Gasteiger partial charge in [0.1, 0.15) is 0 Å². The first-order valence-corrected chi connectivity index (χ1v) is 4.33. The molecule has 0 aliphatic carbocycles. The van der Waals surface area contributed by atoms with Crippen molar-refractivity contribution in [3.8, 4) is 0 Å². The second kappa shape index (κ2) is 3.70. The van der Waals surface area contributed by atoms with Gasteiger partial charge < -0.3 is 4.52 Å². The SMILES string of the molecule is CC(C)(C)CCCc1ncon1. The van der Waals surface area contributed by atoms with Crippen LogP contribution in [0.2, 0.25) is 0 Å². The molecular formula is C9H16N2O. The fourth-order valence-electron chi connectivity index (χ4n) is 1.08. The van der Waals surface area contributed by atoms with Crippen LogP contribution in [0, 0.1) is 5.41 Å². The highest BCUT2D eigenvalue weighted by Gasteiger charge is 2.09. The molecule has 0 aliphatic rings. The topological polar surface area (TPSA) is 38.9 Å². The lowest BCUT2D eigenvalue weighted by atomic mass is 9.90. The molecule has 3 nitrogen and oxygen atoms in total. The van der Waals surface area contributed by atoms with Gasteiger partial charge in [0.05, 0.1) is 0 Å². The fourth-order valence-corrected chi connectivity index (χ4v) is 1.08. The van der Waals surface area contributed by atoms with Crippen LogP contribution in [0.5, 0.6) is 0 Å². The van der Waals surface area contributed by atoms with Crippen LogP contribution in [0.3, 0.4) is 0 Å². The van der Waals surface area contributed by atoms with E-state index in [0.29, 0.717) is 5.41 Å². The van der Waals surface area contributed by atoms with Gasteiger partial charge in [-0.1, -0.05) is 25.9 Å². The summed E-state index contributed by atoms with van der Waals surface area (Å²) in [6.45, 7) is 6.72. The van der Waals surface area contributed by atoms with E-state index in [9.17, 15) is 0 Å². The zero-order valence-electron chi connectivity index (χ0n) is 8.00. The molecule has 0 N–H and O–H groups in total. The molecule has 0 atom stereocenters. The van der Waals surface area contributed by atoms with Crippen LogP contribution >= 0.6 is 0 Å². The molecule has 68 valence electrons. The summed E-state index contributed by atoms with van der Waals surface area (Å²) in [5.41, 5.74) is 0.406. The Morgan fingerprint density at radius 2 is 2.17 bits per heavy atom. The average molecular weight is 168 g/mol. The first-order chi connectivity index (χ1) is 5.58. The van der Waals surface area contributed by atoms with E-state index in [2.05, 4.69) is 35.4 Å². The highest BCUT2D eigenvalue weighted by atomic mass is 16.5. The predicted molar refractivity (Wildman–Crippen MR) is 46.7 cm³/mol. The summed E-state index contributed by atoms with van der Waals surface area (Å²) in [7, 11) is 0. The molecule has 0 bridgehead atoms. The lowest BCUT2D eigenvalue weighted by Crippen LogP contribution is -2.05. The molecular weight excluding hydrogens is 152 g/mol. The van der Waals surface area contributed by atoms with Crippen molar-refractivity contribution in [3.05, 3.63) is 12.2 Å². The Bertz CT molecular complexity index is 211. The third-order valence-electron chi connectivity index (χ3n) is 1.73. The predicted octanol–water partition coefficient (Wildman–Crippen LogP) is 2.44. The van der Waals surface area contributed by atoms with Gasteiger partial charge in [-0.25, -0.2) is 0 Å². The van der Waals surface area contributed by atoms with E-state index in [-0.39, 0.29) is 0 Å². The van der Waals surface area contributed by atoms with Crippen LogP contribution < -0.4 is 0 Å². The van der Waals surface area contributed by atoms with Gasteiger partial charge in [0.2, 0.25) is 6.39 Å². The summed E-state index contributed by atoms with van der Waals surface area (Å²) < 4.78 is 4.64. The number of hydrogen-bond acceptors (Lipinski definition) is 3. The van der Waals surface area contributed by atoms with E-state index in [4.69, 9.17) is 0 Å². The maximum Gasteiger partial charge on any atom is 0.213 e. The van der Waals surface area contributed by atoms with E-state index in [1.807, 2.05) is 0 Å². The third kappa shape index (κ3) is 3.51. The second-order valence-corrected chi connectivity index (χ2v) is 4.26. The standard InChI is InChI=1S/C9H16N2O/c1-9(2,3)6-4-5-8-10-7-12-11-8/h7H,4-6H2,1-3H3. The molecule has 0 amide bonds. The highest BCUT2D eigenvalue weighted by Crippen LogP contribution is 2.21. The Morgan fingerprint density at radius 3 is 2.67 bits per heavy atom. The molecule has 0 radical (unpaired) electrons. The van der Waals surface area contributed by atoms with Crippen molar-refractivity contribution in [1.82, 2.24) is 10.1 Å². The quantitative estimate of drug-likeness (QED) is 0.695. The molecule has 0 unspecified atom stereocenters. The van der Waals surface area contributed by atoms with Crippen molar-refractivity contribution in [3.63, 3.8) is 0 Å². The Labute approximate surface area is 73.2 Å². The molecule has 0 spiro atoms. The average Bonchev–Trinajstić information content (AvgIpc) is 2.36. The number of hydrogen-bond donors (Lipinski definition) is 0. The zero-order valence-corrected chi connectivity index (χ0v) is 8.00. The van der Waals surface area contributed by atoms with Crippen molar-refractivity contribution < 1.29 is 4.52 Å². The van der Waals surface area contributed by atoms with Crippen LogP contribution in [0.4, 0.5) is 0 Å². The van der Waals surface area contributed by atoms with Crippen LogP contribution in [-0.4, -0.2) is 10.1 Å². The third-order valence-corrected chi connectivity index (χ3v) is 1.73. The number of rotatable bonds is 3. The molecule has 12 heavy (non-hydrogen) atoms. The second-order valence-electron chi connectivity index (χ2n) is 4.26. The fraction of sp³-hybridized carbons (Fsp3) is 0.778. The van der Waals surface area contributed by atoms with E-state index >= 15 is 0 Å². The Kier molecular flexibility index (Phi) is 2.84. The molecule has 1 aromatic rings. The van der Waals surface area contributed by atoms with Gasteiger partial charge in [-0.3, -0.25) is 0 Å². The maximum absolute atomic E-state index is 4.64. The van der Waals surface area contributed by atoms with Gasteiger partial charge in [-0.05, 0) is 18.3 Å². The number of nitrogens with zero attached hydrogens (tertiary/aromatic N) is 2. The monoisotopic (exact) mass is 168 g/mol. The van der Waals surface area contributed by atoms with Gasteiger partial charge >= 0.3 is 0 Å². The summed E-state index contributed by atoms with van der Waals surface area (Å²) in [5, 5.41) is 3.75. The van der Waals surface area contributed by atoms with E-state index in [1.54, 1.807) is 0 Å². The van der Waals surface area contributed by atoms with Crippen LogP contribution in [-0.2, 0) is 6.42 Å². The summed E-state index contributed by atoms with van der Waals surface area (Å²) >= 11 is 0. The molecule has 1 rings (SSSR count). The minimum Gasteiger partial charge on any atom is -0.343 e. The van der Waals surface area contributed by atoms with Gasteiger partial charge in [0.15, 0.2) is 5.82 Å². The molecule has 1 aromatic heterocycles. The zero-order chi connectivity index (χ0) is 9.03. The summed E-state index contributed by atoms with van der Waals surface area (Å²) in [6, 6.07) is 0. The summed E-state index contributed by atoms with van der Waals surface area (Å²) in [5.74, 6) is 0.819. The van der Waals surface area contributed by atoms with E-state index in [0.717, 1.165) is 18.7 Å². The molecule has 0 saturated heterocycles.